The van der Waals surface area contributed by atoms with Crippen molar-refractivity contribution in [3.8, 4) is 0 Å². The molecule has 0 fully saturated rings. The normalized spacial score (nSPS) is 16.1. The Morgan fingerprint density at radius 2 is 1.87 bits per heavy atom. The lowest BCUT2D eigenvalue weighted by Gasteiger charge is -2.11. The van der Waals surface area contributed by atoms with Crippen LogP contribution >= 0.6 is 0 Å². The van der Waals surface area contributed by atoms with Gasteiger partial charge in [-0.05, 0) is 44.2 Å². The summed E-state index contributed by atoms with van der Waals surface area (Å²) in [5.41, 5.74) is 1.42. The molecule has 0 radical (unpaired) electrons. The van der Waals surface area contributed by atoms with E-state index in [9.17, 15) is 14.9 Å². The van der Waals surface area contributed by atoms with Crippen LogP contribution in [0.2, 0.25) is 0 Å². The number of carbonyl (C=O) groups is 1. The first kappa shape index (κ1) is 14.7. The number of carbonyl (C=O) groups excluding carboxylic acids is 1. The van der Waals surface area contributed by atoms with Gasteiger partial charge in [0.05, 0.1) is 21.9 Å². The van der Waals surface area contributed by atoms with E-state index in [0.717, 1.165) is 5.76 Å². The molecule has 0 atom stereocenters. The van der Waals surface area contributed by atoms with Crippen LogP contribution < -0.4 is 5.01 Å². The Morgan fingerprint density at radius 1 is 1.17 bits per heavy atom. The first-order valence-electron chi connectivity index (χ1n) is 6.88. The number of nitro benzene ring substituents is 1. The molecule has 1 aliphatic heterocycles. The highest BCUT2D eigenvalue weighted by molar-refractivity contribution is 6.32. The van der Waals surface area contributed by atoms with Gasteiger partial charge in [-0.2, -0.15) is 10.1 Å². The van der Waals surface area contributed by atoms with Crippen molar-refractivity contribution in [3.05, 3.63) is 63.6 Å². The second-order valence-electron chi connectivity index (χ2n) is 5.08. The fourth-order valence-corrected chi connectivity index (χ4v) is 2.25. The number of anilines is 1. The van der Waals surface area contributed by atoms with Crippen LogP contribution in [-0.2, 0) is 4.79 Å². The van der Waals surface area contributed by atoms with E-state index < -0.39 is 4.92 Å². The van der Waals surface area contributed by atoms with Crippen LogP contribution in [0.1, 0.15) is 18.4 Å². The number of nitro groups is 1. The van der Waals surface area contributed by atoms with Crippen LogP contribution in [0.25, 0.3) is 6.08 Å². The zero-order chi connectivity index (χ0) is 16.6. The number of nitrogens with zero attached hydrogens (tertiary/aromatic N) is 3. The van der Waals surface area contributed by atoms with E-state index in [2.05, 4.69) is 5.10 Å². The third kappa shape index (κ3) is 2.76. The largest absolute Gasteiger partial charge is 0.462 e. The zero-order valence-corrected chi connectivity index (χ0v) is 12.5. The van der Waals surface area contributed by atoms with Crippen molar-refractivity contribution in [2.45, 2.75) is 13.8 Å². The van der Waals surface area contributed by atoms with E-state index in [1.807, 2.05) is 13.0 Å². The number of furan rings is 1. The van der Waals surface area contributed by atoms with Crippen molar-refractivity contribution in [3.63, 3.8) is 0 Å². The van der Waals surface area contributed by atoms with E-state index >= 15 is 0 Å². The van der Waals surface area contributed by atoms with Crippen LogP contribution in [0.4, 0.5) is 11.4 Å². The first-order valence-corrected chi connectivity index (χ1v) is 6.88. The summed E-state index contributed by atoms with van der Waals surface area (Å²) < 4.78 is 5.45. The van der Waals surface area contributed by atoms with E-state index in [1.165, 1.54) is 29.3 Å². The molecule has 1 aromatic carbocycles. The van der Waals surface area contributed by atoms with Crippen molar-refractivity contribution in [1.29, 1.82) is 0 Å². The molecule has 0 unspecified atom stereocenters. The van der Waals surface area contributed by atoms with E-state index in [4.69, 9.17) is 4.42 Å². The highest BCUT2D eigenvalue weighted by Gasteiger charge is 2.29. The maximum absolute atomic E-state index is 12.5. The van der Waals surface area contributed by atoms with Gasteiger partial charge in [0.25, 0.3) is 11.6 Å². The molecule has 0 bridgehead atoms. The Kier molecular flexibility index (Phi) is 3.53. The summed E-state index contributed by atoms with van der Waals surface area (Å²) in [6.07, 6.45) is 1.64. The molecule has 23 heavy (non-hydrogen) atoms. The van der Waals surface area contributed by atoms with Crippen LogP contribution in [0.15, 0.2) is 51.5 Å². The number of amides is 1. The maximum atomic E-state index is 12.5. The standard InChI is InChI=1S/C16H13N3O4/c1-10-3-8-14(23-10)9-15-11(2)17-18(16(15)20)12-4-6-13(7-5-12)19(21)22/h3-9H,1-2H3. The lowest BCUT2D eigenvalue weighted by Crippen LogP contribution is -2.21. The molecule has 116 valence electrons. The topological polar surface area (TPSA) is 89.0 Å². The summed E-state index contributed by atoms with van der Waals surface area (Å²) in [6.45, 7) is 3.55. The van der Waals surface area contributed by atoms with Crippen LogP contribution in [0.5, 0.6) is 0 Å². The average molecular weight is 311 g/mol. The molecule has 0 spiro atoms. The highest BCUT2D eigenvalue weighted by atomic mass is 16.6. The number of hydrogen-bond donors (Lipinski definition) is 0. The van der Waals surface area contributed by atoms with Crippen molar-refractivity contribution in [2.24, 2.45) is 5.10 Å². The van der Waals surface area contributed by atoms with Crippen LogP contribution in [0.3, 0.4) is 0 Å². The second kappa shape index (κ2) is 5.53. The van der Waals surface area contributed by atoms with E-state index in [1.54, 1.807) is 19.1 Å². The van der Waals surface area contributed by atoms with Crippen molar-refractivity contribution >= 4 is 29.1 Å². The summed E-state index contributed by atoms with van der Waals surface area (Å²) >= 11 is 0. The van der Waals surface area contributed by atoms with Crippen LogP contribution in [-0.4, -0.2) is 16.5 Å². The predicted molar refractivity (Wildman–Crippen MR) is 85.1 cm³/mol. The van der Waals surface area contributed by atoms with E-state index in [0.29, 0.717) is 22.7 Å². The molecule has 0 saturated carbocycles. The van der Waals surface area contributed by atoms with Gasteiger partial charge in [0.1, 0.15) is 11.5 Å². The quantitative estimate of drug-likeness (QED) is 0.494. The lowest BCUT2D eigenvalue weighted by molar-refractivity contribution is -0.384. The second-order valence-corrected chi connectivity index (χ2v) is 5.08. The molecular formula is C16H13N3O4. The number of hydrazone groups is 1. The predicted octanol–water partition coefficient (Wildman–Crippen LogP) is 3.30. The molecule has 0 saturated heterocycles. The van der Waals surface area contributed by atoms with Gasteiger partial charge in [0, 0.05) is 12.1 Å². The van der Waals surface area contributed by atoms with Gasteiger partial charge < -0.3 is 4.42 Å². The van der Waals surface area contributed by atoms with Gasteiger partial charge in [0.15, 0.2) is 0 Å². The van der Waals surface area contributed by atoms with Gasteiger partial charge in [0.2, 0.25) is 0 Å². The Hall–Kier alpha value is -3.22. The van der Waals surface area contributed by atoms with Gasteiger partial charge in [-0.3, -0.25) is 14.9 Å². The van der Waals surface area contributed by atoms with Crippen molar-refractivity contribution < 1.29 is 14.1 Å². The number of hydrogen-bond acceptors (Lipinski definition) is 5. The number of rotatable bonds is 3. The van der Waals surface area contributed by atoms with Crippen molar-refractivity contribution in [2.75, 3.05) is 5.01 Å². The number of benzene rings is 1. The summed E-state index contributed by atoms with van der Waals surface area (Å²) in [5, 5.41) is 16.1. The summed E-state index contributed by atoms with van der Waals surface area (Å²) in [6, 6.07) is 9.25. The molecule has 2 aromatic rings. The lowest BCUT2D eigenvalue weighted by atomic mass is 10.1. The number of non-ortho nitro benzene ring substituents is 1. The Bertz CT molecular complexity index is 846. The molecule has 2 heterocycles. The van der Waals surface area contributed by atoms with Gasteiger partial charge >= 0.3 is 0 Å². The summed E-state index contributed by atoms with van der Waals surface area (Å²) in [5.74, 6) is 1.03. The first-order chi connectivity index (χ1) is 11.0. The summed E-state index contributed by atoms with van der Waals surface area (Å²) in [7, 11) is 0. The average Bonchev–Trinajstić information content (AvgIpc) is 3.05. The Balaban J connectivity index is 1.90. The maximum Gasteiger partial charge on any atom is 0.280 e. The van der Waals surface area contributed by atoms with Gasteiger partial charge in [-0.25, -0.2) is 0 Å². The zero-order valence-electron chi connectivity index (χ0n) is 12.5. The molecule has 1 aliphatic rings. The minimum atomic E-state index is -0.491. The minimum absolute atomic E-state index is 0.0390. The molecule has 0 aliphatic carbocycles. The fraction of sp³-hybridized carbons (Fsp3) is 0.125. The molecule has 3 rings (SSSR count). The molecule has 7 nitrogen and oxygen atoms in total. The molecule has 1 aromatic heterocycles. The molecule has 7 heteroatoms. The SMILES string of the molecule is CC1=NN(c2ccc([N+](=O)[O-])cc2)C(=O)C1=Cc1ccc(C)o1. The monoisotopic (exact) mass is 311 g/mol. The third-order valence-corrected chi connectivity index (χ3v) is 3.42. The summed E-state index contributed by atoms with van der Waals surface area (Å²) in [4.78, 5) is 22.7. The molecule has 1 amide bonds. The highest BCUT2D eigenvalue weighted by Crippen LogP contribution is 2.26. The van der Waals surface area contributed by atoms with E-state index in [-0.39, 0.29) is 11.6 Å². The minimum Gasteiger partial charge on any atom is -0.462 e. The van der Waals surface area contributed by atoms with Crippen LogP contribution in [0, 0.1) is 17.0 Å². The fourth-order valence-electron chi connectivity index (χ4n) is 2.25. The third-order valence-electron chi connectivity index (χ3n) is 3.42. The van der Waals surface area contributed by atoms with Gasteiger partial charge in [-0.15, -0.1) is 0 Å². The molecular weight excluding hydrogens is 298 g/mol. The molecule has 0 N–H and O–H groups in total. The number of aryl methyl sites for hydroxylation is 1. The smallest absolute Gasteiger partial charge is 0.280 e. The van der Waals surface area contributed by atoms with Crippen molar-refractivity contribution in [1.82, 2.24) is 0 Å². The Labute approximate surface area is 131 Å². The Morgan fingerprint density at radius 3 is 2.43 bits per heavy atom. The van der Waals surface area contributed by atoms with Gasteiger partial charge in [-0.1, -0.05) is 0 Å².